The molecule has 1 heteroatoms. The maximum atomic E-state index is 5.67. The molecule has 0 saturated heterocycles. The molecular formula is C10H19O. The van der Waals surface area contributed by atoms with Crippen molar-refractivity contribution in [2.75, 3.05) is 0 Å². The van der Waals surface area contributed by atoms with Gasteiger partial charge in [-0.15, -0.1) is 0 Å². The Morgan fingerprint density at radius 2 is 1.55 bits per heavy atom. The molecule has 0 heterocycles. The van der Waals surface area contributed by atoms with E-state index in [1.807, 2.05) is 13.8 Å². The first-order chi connectivity index (χ1) is 5.09. The third-order valence-electron chi connectivity index (χ3n) is 2.64. The van der Waals surface area contributed by atoms with Gasteiger partial charge in [-0.25, -0.2) is 0 Å². The Balaban J connectivity index is 2.29. The van der Waals surface area contributed by atoms with Gasteiger partial charge >= 0.3 is 0 Å². The summed E-state index contributed by atoms with van der Waals surface area (Å²) in [4.78, 5) is 0. The molecule has 1 radical (unpaired) electrons. The number of ether oxygens (including phenoxy) is 1. The van der Waals surface area contributed by atoms with Crippen molar-refractivity contribution in [1.29, 1.82) is 0 Å². The molecule has 1 rings (SSSR count). The molecular weight excluding hydrogens is 136 g/mol. The van der Waals surface area contributed by atoms with Gasteiger partial charge in [-0.2, -0.15) is 0 Å². The highest BCUT2D eigenvalue weighted by Crippen LogP contribution is 2.33. The van der Waals surface area contributed by atoms with Crippen molar-refractivity contribution < 1.29 is 4.74 Å². The topological polar surface area (TPSA) is 9.23 Å². The molecule has 1 aliphatic carbocycles. The van der Waals surface area contributed by atoms with E-state index in [1.54, 1.807) is 0 Å². The molecule has 0 aromatic rings. The Morgan fingerprint density at radius 3 is 1.91 bits per heavy atom. The van der Waals surface area contributed by atoms with Crippen LogP contribution in [-0.2, 0) is 4.74 Å². The Kier molecular flexibility index (Phi) is 2.94. The summed E-state index contributed by atoms with van der Waals surface area (Å²) in [7, 11) is 0. The van der Waals surface area contributed by atoms with Gasteiger partial charge in [0.25, 0.3) is 0 Å². The molecule has 11 heavy (non-hydrogen) atoms. The second kappa shape index (κ2) is 3.57. The standard InChI is InChI=1S/C10H19O/c1-7(2)11-10-5-8(3)9(4)6-10/h8-10H,5-6H2,1-4H3. The molecule has 0 aliphatic heterocycles. The van der Waals surface area contributed by atoms with Crippen LogP contribution in [0.4, 0.5) is 0 Å². The molecule has 0 N–H and O–H groups in total. The lowest BCUT2D eigenvalue weighted by Gasteiger charge is -2.13. The lowest BCUT2D eigenvalue weighted by atomic mass is 10.0. The van der Waals surface area contributed by atoms with Crippen LogP contribution >= 0.6 is 0 Å². The van der Waals surface area contributed by atoms with Crippen LogP contribution < -0.4 is 0 Å². The summed E-state index contributed by atoms with van der Waals surface area (Å²) in [5.41, 5.74) is 0. The third kappa shape index (κ3) is 2.48. The predicted molar refractivity (Wildman–Crippen MR) is 47.0 cm³/mol. The average Bonchev–Trinajstić information content (AvgIpc) is 2.10. The molecule has 1 saturated carbocycles. The molecule has 1 aliphatic rings. The fourth-order valence-corrected chi connectivity index (χ4v) is 1.82. The van der Waals surface area contributed by atoms with Gasteiger partial charge in [-0.05, 0) is 38.5 Å². The Bertz CT molecular complexity index is 107. The maximum absolute atomic E-state index is 5.67. The summed E-state index contributed by atoms with van der Waals surface area (Å²) in [6.07, 6.45) is 4.10. The van der Waals surface area contributed by atoms with Crippen molar-refractivity contribution in [1.82, 2.24) is 0 Å². The van der Waals surface area contributed by atoms with Crippen LogP contribution in [0.25, 0.3) is 0 Å². The van der Waals surface area contributed by atoms with Crippen molar-refractivity contribution in [2.24, 2.45) is 11.8 Å². The minimum atomic E-state index is 0.505. The molecule has 2 atom stereocenters. The zero-order valence-corrected chi connectivity index (χ0v) is 8.05. The van der Waals surface area contributed by atoms with E-state index in [0.717, 1.165) is 17.9 Å². The SMILES string of the molecule is C[C](C)OC1CC(C)C(C)C1. The summed E-state index contributed by atoms with van der Waals surface area (Å²) >= 11 is 0. The average molecular weight is 155 g/mol. The van der Waals surface area contributed by atoms with Crippen LogP contribution in [-0.4, -0.2) is 6.10 Å². The molecule has 0 aromatic carbocycles. The van der Waals surface area contributed by atoms with E-state index in [9.17, 15) is 0 Å². The quantitative estimate of drug-likeness (QED) is 0.595. The Hall–Kier alpha value is -0.0400. The minimum absolute atomic E-state index is 0.505. The fourth-order valence-electron chi connectivity index (χ4n) is 1.82. The first-order valence-corrected chi connectivity index (χ1v) is 4.56. The normalized spacial score (nSPS) is 38.5. The van der Waals surface area contributed by atoms with Gasteiger partial charge in [0.2, 0.25) is 0 Å². The Labute approximate surface area is 70.1 Å². The van der Waals surface area contributed by atoms with Gasteiger partial charge in [-0.3, -0.25) is 0 Å². The van der Waals surface area contributed by atoms with Crippen molar-refractivity contribution in [3.8, 4) is 0 Å². The highest BCUT2D eigenvalue weighted by molar-refractivity contribution is 4.81. The van der Waals surface area contributed by atoms with Gasteiger partial charge in [0.1, 0.15) is 0 Å². The zero-order valence-electron chi connectivity index (χ0n) is 8.05. The molecule has 1 nitrogen and oxygen atoms in total. The molecule has 2 unspecified atom stereocenters. The van der Waals surface area contributed by atoms with E-state index >= 15 is 0 Å². The first kappa shape index (κ1) is 9.05. The summed E-state index contributed by atoms with van der Waals surface area (Å²) in [6, 6.07) is 0. The molecule has 65 valence electrons. The highest BCUT2D eigenvalue weighted by atomic mass is 16.5. The molecule has 1 fully saturated rings. The van der Waals surface area contributed by atoms with Crippen LogP contribution in [0.2, 0.25) is 0 Å². The summed E-state index contributed by atoms with van der Waals surface area (Å²) in [6.45, 7) is 8.71. The van der Waals surface area contributed by atoms with E-state index in [0.29, 0.717) is 6.10 Å². The van der Waals surface area contributed by atoms with Gasteiger partial charge < -0.3 is 4.74 Å². The summed E-state index contributed by atoms with van der Waals surface area (Å²) < 4.78 is 5.67. The number of hydrogen-bond acceptors (Lipinski definition) is 1. The predicted octanol–water partition coefficient (Wildman–Crippen LogP) is 3.01. The first-order valence-electron chi connectivity index (χ1n) is 4.56. The van der Waals surface area contributed by atoms with Gasteiger partial charge in [0, 0.05) is 0 Å². The summed E-state index contributed by atoms with van der Waals surface area (Å²) in [5, 5.41) is 0. The monoisotopic (exact) mass is 155 g/mol. The van der Waals surface area contributed by atoms with E-state index < -0.39 is 0 Å². The zero-order chi connectivity index (χ0) is 8.43. The maximum Gasteiger partial charge on any atom is 0.0913 e. The molecule has 0 aromatic heterocycles. The highest BCUT2D eigenvalue weighted by Gasteiger charge is 2.29. The lowest BCUT2D eigenvalue weighted by molar-refractivity contribution is 0.0731. The van der Waals surface area contributed by atoms with Crippen molar-refractivity contribution >= 4 is 0 Å². The Morgan fingerprint density at radius 1 is 1.09 bits per heavy atom. The van der Waals surface area contributed by atoms with Crippen molar-refractivity contribution in [3.63, 3.8) is 0 Å². The third-order valence-corrected chi connectivity index (χ3v) is 2.64. The number of rotatable bonds is 2. The fraction of sp³-hybridized carbons (Fsp3) is 0.900. The van der Waals surface area contributed by atoms with Crippen molar-refractivity contribution in [2.45, 2.75) is 46.6 Å². The van der Waals surface area contributed by atoms with Crippen LogP contribution in [0.1, 0.15) is 40.5 Å². The smallest absolute Gasteiger partial charge is 0.0913 e. The van der Waals surface area contributed by atoms with Crippen LogP contribution in [0.3, 0.4) is 0 Å². The second-order valence-electron chi connectivity index (χ2n) is 4.07. The molecule has 0 spiro atoms. The largest absolute Gasteiger partial charge is 0.369 e. The van der Waals surface area contributed by atoms with E-state index in [4.69, 9.17) is 4.74 Å². The van der Waals surface area contributed by atoms with E-state index in [-0.39, 0.29) is 0 Å². The van der Waals surface area contributed by atoms with Gasteiger partial charge in [0.15, 0.2) is 0 Å². The minimum Gasteiger partial charge on any atom is -0.369 e. The van der Waals surface area contributed by atoms with Crippen LogP contribution in [0, 0.1) is 17.9 Å². The van der Waals surface area contributed by atoms with Crippen LogP contribution in [0.15, 0.2) is 0 Å². The lowest BCUT2D eigenvalue weighted by Crippen LogP contribution is -2.09. The van der Waals surface area contributed by atoms with Gasteiger partial charge in [-0.1, -0.05) is 13.8 Å². The molecule has 0 bridgehead atoms. The summed E-state index contributed by atoms with van der Waals surface area (Å²) in [5.74, 6) is 1.69. The second-order valence-corrected chi connectivity index (χ2v) is 4.07. The number of hydrogen-bond donors (Lipinski definition) is 0. The van der Waals surface area contributed by atoms with Crippen LogP contribution in [0.5, 0.6) is 0 Å². The van der Waals surface area contributed by atoms with E-state index in [2.05, 4.69) is 13.8 Å². The molecule has 0 amide bonds. The van der Waals surface area contributed by atoms with Gasteiger partial charge in [0.05, 0.1) is 12.2 Å². The van der Waals surface area contributed by atoms with E-state index in [1.165, 1.54) is 12.8 Å². The van der Waals surface area contributed by atoms with Crippen molar-refractivity contribution in [3.05, 3.63) is 6.10 Å².